The van der Waals surface area contributed by atoms with E-state index in [0.717, 1.165) is 18.4 Å². The van der Waals surface area contributed by atoms with Crippen LogP contribution in [-0.2, 0) is 17.4 Å². The second-order valence-electron chi connectivity index (χ2n) is 6.08. The lowest BCUT2D eigenvalue weighted by Crippen LogP contribution is -2.10. The van der Waals surface area contributed by atoms with Gasteiger partial charge in [-0.2, -0.15) is 18.3 Å². The standard InChI is InChI=1S/C17H16ClF3N2O/c1-10-15(18)16(17(19,20)21)22-23(10)13-7-5-11(6-8-13)9-12-3-2-4-14(12)24/h5-8,12H,2-4,9H2,1H3. The molecule has 3 rings (SSSR count). The first kappa shape index (κ1) is 17.0. The number of aromatic nitrogens is 2. The van der Waals surface area contributed by atoms with E-state index in [-0.39, 0.29) is 16.6 Å². The summed E-state index contributed by atoms with van der Waals surface area (Å²) in [4.78, 5) is 11.7. The van der Waals surface area contributed by atoms with Crippen molar-refractivity contribution in [2.75, 3.05) is 0 Å². The van der Waals surface area contributed by atoms with Gasteiger partial charge in [0, 0.05) is 12.3 Å². The zero-order valence-electron chi connectivity index (χ0n) is 13.0. The Labute approximate surface area is 142 Å². The van der Waals surface area contributed by atoms with Gasteiger partial charge >= 0.3 is 6.18 Å². The van der Waals surface area contributed by atoms with E-state index < -0.39 is 11.9 Å². The average Bonchev–Trinajstić information content (AvgIpc) is 3.05. The first-order valence-corrected chi connectivity index (χ1v) is 8.09. The number of alkyl halides is 3. The molecule has 0 amide bonds. The minimum atomic E-state index is -4.59. The first-order chi connectivity index (χ1) is 11.3. The van der Waals surface area contributed by atoms with Crippen molar-refractivity contribution in [3.8, 4) is 5.69 Å². The van der Waals surface area contributed by atoms with E-state index in [1.807, 2.05) is 12.1 Å². The number of hydrogen-bond acceptors (Lipinski definition) is 2. The molecule has 1 fully saturated rings. The van der Waals surface area contributed by atoms with E-state index in [2.05, 4.69) is 5.10 Å². The molecule has 1 aliphatic carbocycles. The van der Waals surface area contributed by atoms with Crippen LogP contribution in [0.5, 0.6) is 0 Å². The van der Waals surface area contributed by atoms with Gasteiger partial charge in [-0.15, -0.1) is 0 Å². The quantitative estimate of drug-likeness (QED) is 0.794. The molecule has 1 saturated carbocycles. The monoisotopic (exact) mass is 356 g/mol. The van der Waals surface area contributed by atoms with Crippen LogP contribution in [-0.4, -0.2) is 15.6 Å². The van der Waals surface area contributed by atoms with Crippen molar-refractivity contribution < 1.29 is 18.0 Å². The molecule has 1 unspecified atom stereocenters. The topological polar surface area (TPSA) is 34.9 Å². The lowest BCUT2D eigenvalue weighted by molar-refractivity contribution is -0.141. The zero-order valence-corrected chi connectivity index (χ0v) is 13.8. The van der Waals surface area contributed by atoms with Crippen LogP contribution < -0.4 is 0 Å². The van der Waals surface area contributed by atoms with Gasteiger partial charge in [-0.3, -0.25) is 4.79 Å². The predicted molar refractivity (Wildman–Crippen MR) is 84.4 cm³/mol. The smallest absolute Gasteiger partial charge is 0.299 e. The maximum absolute atomic E-state index is 12.9. The second kappa shape index (κ2) is 6.24. The molecule has 0 spiro atoms. The summed E-state index contributed by atoms with van der Waals surface area (Å²) in [6, 6.07) is 7.04. The van der Waals surface area contributed by atoms with Crippen molar-refractivity contribution in [1.29, 1.82) is 0 Å². The Morgan fingerprint density at radius 1 is 1.29 bits per heavy atom. The van der Waals surface area contributed by atoms with Gasteiger partial charge in [-0.25, -0.2) is 4.68 Å². The summed E-state index contributed by atoms with van der Waals surface area (Å²) in [6.07, 6.45) is -1.42. The van der Waals surface area contributed by atoms with Crippen LogP contribution in [0.1, 0.15) is 36.2 Å². The van der Waals surface area contributed by atoms with E-state index in [1.165, 1.54) is 11.6 Å². The van der Waals surface area contributed by atoms with Gasteiger partial charge in [0.25, 0.3) is 0 Å². The number of carbonyl (C=O) groups excluding carboxylic acids is 1. The summed E-state index contributed by atoms with van der Waals surface area (Å²) in [6.45, 7) is 1.50. The Kier molecular flexibility index (Phi) is 4.42. The van der Waals surface area contributed by atoms with Crippen LogP contribution >= 0.6 is 11.6 Å². The molecule has 1 aromatic carbocycles. The summed E-state index contributed by atoms with van der Waals surface area (Å²) >= 11 is 5.77. The molecular weight excluding hydrogens is 341 g/mol. The largest absolute Gasteiger partial charge is 0.436 e. The van der Waals surface area contributed by atoms with Crippen molar-refractivity contribution in [2.24, 2.45) is 5.92 Å². The fourth-order valence-corrected chi connectivity index (χ4v) is 3.30. The molecule has 0 aliphatic heterocycles. The molecule has 0 saturated heterocycles. The maximum atomic E-state index is 12.9. The van der Waals surface area contributed by atoms with Crippen LogP contribution in [0.15, 0.2) is 24.3 Å². The zero-order chi connectivity index (χ0) is 17.5. The van der Waals surface area contributed by atoms with Gasteiger partial charge < -0.3 is 0 Å². The van der Waals surface area contributed by atoms with Crippen LogP contribution in [0, 0.1) is 12.8 Å². The number of ketones is 1. The average molecular weight is 357 g/mol. The molecule has 128 valence electrons. The van der Waals surface area contributed by atoms with Crippen molar-refractivity contribution in [2.45, 2.75) is 38.8 Å². The number of carbonyl (C=O) groups is 1. The molecule has 24 heavy (non-hydrogen) atoms. The number of halogens is 4. The number of hydrogen-bond donors (Lipinski definition) is 0. The molecule has 1 heterocycles. The highest BCUT2D eigenvalue weighted by Gasteiger charge is 2.38. The Morgan fingerprint density at radius 2 is 1.96 bits per heavy atom. The Hall–Kier alpha value is -1.82. The normalized spacial score (nSPS) is 18.4. The lowest BCUT2D eigenvalue weighted by Gasteiger charge is -2.09. The summed E-state index contributed by atoms with van der Waals surface area (Å²) in [5.74, 6) is 0.358. The Balaban J connectivity index is 1.85. The number of rotatable bonds is 3. The SMILES string of the molecule is Cc1c(Cl)c(C(F)(F)F)nn1-c1ccc(CC2CCCC2=O)cc1. The minimum absolute atomic E-state index is 0.0635. The maximum Gasteiger partial charge on any atom is 0.436 e. The molecule has 3 nitrogen and oxygen atoms in total. The molecule has 0 radical (unpaired) electrons. The van der Waals surface area contributed by atoms with Gasteiger partial charge in [-0.05, 0) is 43.9 Å². The Morgan fingerprint density at radius 3 is 2.46 bits per heavy atom. The highest BCUT2D eigenvalue weighted by molar-refractivity contribution is 6.32. The van der Waals surface area contributed by atoms with Crippen LogP contribution in [0.2, 0.25) is 5.02 Å². The van der Waals surface area contributed by atoms with Crippen LogP contribution in [0.25, 0.3) is 5.69 Å². The summed E-state index contributed by atoms with van der Waals surface area (Å²) in [5, 5.41) is 3.22. The van der Waals surface area contributed by atoms with Crippen LogP contribution in [0.3, 0.4) is 0 Å². The highest BCUT2D eigenvalue weighted by atomic mass is 35.5. The van der Waals surface area contributed by atoms with Gasteiger partial charge in [0.15, 0.2) is 5.69 Å². The van der Waals surface area contributed by atoms with Crippen molar-refractivity contribution >= 4 is 17.4 Å². The van der Waals surface area contributed by atoms with Crippen molar-refractivity contribution in [3.63, 3.8) is 0 Å². The van der Waals surface area contributed by atoms with Gasteiger partial charge in [0.2, 0.25) is 0 Å². The van der Waals surface area contributed by atoms with Crippen molar-refractivity contribution in [3.05, 3.63) is 46.2 Å². The van der Waals surface area contributed by atoms with E-state index in [0.29, 0.717) is 24.3 Å². The van der Waals surface area contributed by atoms with Crippen LogP contribution in [0.4, 0.5) is 13.2 Å². The molecule has 0 bridgehead atoms. The fourth-order valence-electron chi connectivity index (χ4n) is 3.08. The van der Waals surface area contributed by atoms with Gasteiger partial charge in [0.1, 0.15) is 5.78 Å². The minimum Gasteiger partial charge on any atom is -0.299 e. The molecule has 0 N–H and O–H groups in total. The van der Waals surface area contributed by atoms with E-state index in [1.54, 1.807) is 12.1 Å². The molecule has 7 heteroatoms. The van der Waals surface area contributed by atoms with E-state index in [4.69, 9.17) is 11.6 Å². The van der Waals surface area contributed by atoms with Crippen molar-refractivity contribution in [1.82, 2.24) is 9.78 Å². The molecule has 1 atom stereocenters. The number of benzene rings is 1. The second-order valence-corrected chi connectivity index (χ2v) is 6.46. The fraction of sp³-hybridized carbons (Fsp3) is 0.412. The van der Waals surface area contributed by atoms with Gasteiger partial charge in [-0.1, -0.05) is 23.7 Å². The molecule has 1 aromatic heterocycles. The molecule has 2 aromatic rings. The number of Topliss-reactive ketones (excluding diaryl/α,β-unsaturated/α-hetero) is 1. The van der Waals surface area contributed by atoms with Gasteiger partial charge in [0.05, 0.1) is 16.4 Å². The number of nitrogens with zero attached hydrogens (tertiary/aromatic N) is 2. The summed E-state index contributed by atoms with van der Waals surface area (Å²) < 4.78 is 39.9. The highest BCUT2D eigenvalue weighted by Crippen LogP contribution is 2.36. The third-order valence-corrected chi connectivity index (χ3v) is 4.86. The molecular formula is C17H16ClF3N2O. The summed E-state index contributed by atoms with van der Waals surface area (Å²) in [5.41, 5.74) is 0.655. The first-order valence-electron chi connectivity index (χ1n) is 7.71. The predicted octanol–water partition coefficient (Wildman–Crippen LogP) is 4.76. The third-order valence-electron chi connectivity index (χ3n) is 4.41. The van der Waals surface area contributed by atoms with E-state index in [9.17, 15) is 18.0 Å². The summed E-state index contributed by atoms with van der Waals surface area (Å²) in [7, 11) is 0. The molecule has 1 aliphatic rings. The lowest BCUT2D eigenvalue weighted by atomic mass is 9.97. The Bertz CT molecular complexity index is 765. The third kappa shape index (κ3) is 3.20. The van der Waals surface area contributed by atoms with E-state index >= 15 is 0 Å².